The molecule has 0 aliphatic heterocycles. The molecule has 0 aliphatic rings. The fourth-order valence-electron chi connectivity index (χ4n) is 1.22. The van der Waals surface area contributed by atoms with Crippen molar-refractivity contribution < 1.29 is 9.53 Å². The lowest BCUT2D eigenvalue weighted by molar-refractivity contribution is -0.137. The number of carbonyl (C=O) groups is 1. The third-order valence-corrected chi connectivity index (χ3v) is 1.96. The van der Waals surface area contributed by atoms with Gasteiger partial charge >= 0.3 is 5.97 Å². The summed E-state index contributed by atoms with van der Waals surface area (Å²) in [6, 6.07) is 0. The van der Waals surface area contributed by atoms with Crippen LogP contribution >= 0.6 is 0 Å². The fourth-order valence-corrected chi connectivity index (χ4v) is 1.22. The second kappa shape index (κ2) is 5.24. The van der Waals surface area contributed by atoms with Crippen molar-refractivity contribution >= 4 is 11.5 Å². The highest BCUT2D eigenvalue weighted by atomic mass is 16.5. The number of aromatic nitrogens is 2. The zero-order chi connectivity index (χ0) is 11.3. The van der Waals surface area contributed by atoms with E-state index in [9.17, 15) is 4.79 Å². The number of hydrogen-bond acceptors (Lipinski definition) is 4. The number of aryl methyl sites for hydroxylation is 1. The zero-order valence-corrected chi connectivity index (χ0v) is 9.15. The summed E-state index contributed by atoms with van der Waals surface area (Å²) in [7, 11) is 0. The topological polar surface area (TPSA) is 52.1 Å². The van der Waals surface area contributed by atoms with Crippen LogP contribution in [-0.2, 0) is 9.53 Å². The smallest absolute Gasteiger partial charge is 0.331 e. The van der Waals surface area contributed by atoms with Crippen LogP contribution in [0.4, 0.5) is 0 Å². The molecular formula is C11H14N2O2. The average molecular weight is 206 g/mol. The second-order valence-electron chi connectivity index (χ2n) is 3.10. The molecule has 0 bridgehead atoms. The molecule has 0 atom stereocenters. The molecule has 4 nitrogen and oxygen atoms in total. The Bertz CT molecular complexity index is 386. The molecule has 15 heavy (non-hydrogen) atoms. The molecule has 0 N–H and O–H groups in total. The Labute approximate surface area is 89.0 Å². The van der Waals surface area contributed by atoms with Crippen LogP contribution in [0.3, 0.4) is 0 Å². The van der Waals surface area contributed by atoms with E-state index >= 15 is 0 Å². The highest BCUT2D eigenvalue weighted by molar-refractivity contribution is 5.91. The molecule has 0 saturated carbocycles. The van der Waals surface area contributed by atoms with Crippen molar-refractivity contribution in [2.24, 2.45) is 0 Å². The van der Waals surface area contributed by atoms with Crippen LogP contribution in [0.5, 0.6) is 0 Å². The van der Waals surface area contributed by atoms with Gasteiger partial charge < -0.3 is 4.74 Å². The molecule has 0 saturated heterocycles. The maximum absolute atomic E-state index is 11.2. The van der Waals surface area contributed by atoms with E-state index < -0.39 is 0 Å². The highest BCUT2D eigenvalue weighted by Gasteiger charge is 2.04. The van der Waals surface area contributed by atoms with Crippen LogP contribution in [0.1, 0.15) is 25.1 Å². The lowest BCUT2D eigenvalue weighted by Crippen LogP contribution is -2.01. The van der Waals surface area contributed by atoms with Gasteiger partial charge in [0.2, 0.25) is 0 Å². The van der Waals surface area contributed by atoms with Gasteiger partial charge in [-0.05, 0) is 26.3 Å². The summed E-state index contributed by atoms with van der Waals surface area (Å²) in [4.78, 5) is 19.2. The van der Waals surface area contributed by atoms with Crippen molar-refractivity contribution in [3.05, 3.63) is 29.9 Å². The Morgan fingerprint density at radius 3 is 2.93 bits per heavy atom. The number of allylic oxidation sites excluding steroid dienone is 1. The summed E-state index contributed by atoms with van der Waals surface area (Å²) in [6.45, 7) is 5.87. The lowest BCUT2D eigenvalue weighted by Gasteiger charge is -2.03. The van der Waals surface area contributed by atoms with Gasteiger partial charge in [-0.1, -0.05) is 0 Å². The zero-order valence-electron chi connectivity index (χ0n) is 9.15. The molecule has 0 aromatic carbocycles. The van der Waals surface area contributed by atoms with E-state index in [1.807, 2.05) is 13.8 Å². The average Bonchev–Trinajstić information content (AvgIpc) is 2.18. The summed E-state index contributed by atoms with van der Waals surface area (Å²) in [6.07, 6.45) is 4.62. The molecule has 1 heterocycles. The molecule has 0 unspecified atom stereocenters. The molecule has 80 valence electrons. The van der Waals surface area contributed by atoms with E-state index in [-0.39, 0.29) is 5.97 Å². The summed E-state index contributed by atoms with van der Waals surface area (Å²) in [5, 5.41) is 0. The molecule has 0 fully saturated rings. The maximum atomic E-state index is 11.2. The SMILES string of the molecule is CCOC(=O)/C=C(/C)c1cncnc1C. The molecule has 4 heteroatoms. The number of esters is 1. The normalized spacial score (nSPS) is 11.3. The molecular weight excluding hydrogens is 192 g/mol. The van der Waals surface area contributed by atoms with E-state index in [4.69, 9.17) is 4.74 Å². The molecule has 0 amide bonds. The first-order valence-electron chi connectivity index (χ1n) is 4.77. The number of ether oxygens (including phenoxy) is 1. The van der Waals surface area contributed by atoms with Crippen LogP contribution < -0.4 is 0 Å². The minimum Gasteiger partial charge on any atom is -0.463 e. The number of rotatable bonds is 3. The second-order valence-corrected chi connectivity index (χ2v) is 3.10. The first kappa shape index (κ1) is 11.4. The van der Waals surface area contributed by atoms with E-state index in [0.717, 1.165) is 16.8 Å². The van der Waals surface area contributed by atoms with Crippen molar-refractivity contribution in [3.8, 4) is 0 Å². The van der Waals surface area contributed by atoms with E-state index in [1.54, 1.807) is 13.1 Å². The quantitative estimate of drug-likeness (QED) is 0.558. The van der Waals surface area contributed by atoms with Crippen LogP contribution in [0.2, 0.25) is 0 Å². The Hall–Kier alpha value is -1.71. The van der Waals surface area contributed by atoms with Crippen molar-refractivity contribution in [3.63, 3.8) is 0 Å². The van der Waals surface area contributed by atoms with Crippen molar-refractivity contribution in [2.75, 3.05) is 6.61 Å². The van der Waals surface area contributed by atoms with Gasteiger partial charge in [0, 0.05) is 23.5 Å². The predicted molar refractivity (Wildman–Crippen MR) is 57.1 cm³/mol. The summed E-state index contributed by atoms with van der Waals surface area (Å²) >= 11 is 0. The third-order valence-electron chi connectivity index (χ3n) is 1.96. The lowest BCUT2D eigenvalue weighted by atomic mass is 10.1. The minimum absolute atomic E-state index is 0.335. The number of nitrogens with zero attached hydrogens (tertiary/aromatic N) is 2. The molecule has 1 aromatic heterocycles. The van der Waals surface area contributed by atoms with Crippen LogP contribution in [0, 0.1) is 6.92 Å². The Morgan fingerprint density at radius 2 is 2.33 bits per heavy atom. The number of hydrogen-bond donors (Lipinski definition) is 0. The van der Waals surface area contributed by atoms with Crippen LogP contribution in [0.15, 0.2) is 18.6 Å². The monoisotopic (exact) mass is 206 g/mol. The van der Waals surface area contributed by atoms with Gasteiger partial charge in [0.05, 0.1) is 6.61 Å². The largest absolute Gasteiger partial charge is 0.463 e. The first-order valence-corrected chi connectivity index (χ1v) is 4.77. The Kier molecular flexibility index (Phi) is 3.97. The molecule has 0 radical (unpaired) electrons. The van der Waals surface area contributed by atoms with Gasteiger partial charge in [0.25, 0.3) is 0 Å². The van der Waals surface area contributed by atoms with Crippen molar-refractivity contribution in [1.29, 1.82) is 0 Å². The Balaban J connectivity index is 2.89. The van der Waals surface area contributed by atoms with Gasteiger partial charge in [0.1, 0.15) is 6.33 Å². The van der Waals surface area contributed by atoms with Crippen LogP contribution in [-0.4, -0.2) is 22.5 Å². The summed E-state index contributed by atoms with van der Waals surface area (Å²) in [5.74, 6) is -0.335. The molecule has 1 rings (SSSR count). The van der Waals surface area contributed by atoms with Gasteiger partial charge in [0.15, 0.2) is 0 Å². The number of carbonyl (C=O) groups excluding carboxylic acids is 1. The van der Waals surface area contributed by atoms with Gasteiger partial charge in [-0.3, -0.25) is 0 Å². The minimum atomic E-state index is -0.335. The predicted octanol–water partition coefficient (Wildman–Crippen LogP) is 1.75. The Morgan fingerprint density at radius 1 is 1.60 bits per heavy atom. The first-order chi connectivity index (χ1) is 7.15. The van der Waals surface area contributed by atoms with Crippen molar-refractivity contribution in [2.45, 2.75) is 20.8 Å². The van der Waals surface area contributed by atoms with E-state index in [2.05, 4.69) is 9.97 Å². The fraction of sp³-hybridized carbons (Fsp3) is 0.364. The van der Waals surface area contributed by atoms with E-state index in [1.165, 1.54) is 12.4 Å². The highest BCUT2D eigenvalue weighted by Crippen LogP contribution is 2.14. The maximum Gasteiger partial charge on any atom is 0.331 e. The van der Waals surface area contributed by atoms with Crippen LogP contribution in [0.25, 0.3) is 5.57 Å². The molecule has 0 aliphatic carbocycles. The van der Waals surface area contributed by atoms with Gasteiger partial charge in [-0.2, -0.15) is 0 Å². The summed E-state index contributed by atoms with van der Waals surface area (Å²) in [5.41, 5.74) is 2.53. The van der Waals surface area contributed by atoms with E-state index in [0.29, 0.717) is 6.61 Å². The molecule has 1 aromatic rings. The summed E-state index contributed by atoms with van der Waals surface area (Å²) < 4.78 is 4.82. The van der Waals surface area contributed by atoms with Gasteiger partial charge in [-0.25, -0.2) is 14.8 Å². The molecule has 0 spiro atoms. The third kappa shape index (κ3) is 3.16. The standard InChI is InChI=1S/C11H14N2O2/c1-4-15-11(14)5-8(2)10-6-12-7-13-9(10)3/h5-7H,4H2,1-3H3/b8-5-. The van der Waals surface area contributed by atoms with Gasteiger partial charge in [-0.15, -0.1) is 0 Å². The van der Waals surface area contributed by atoms with Crippen molar-refractivity contribution in [1.82, 2.24) is 9.97 Å².